The number of nitrogen functional groups attached to an aromatic ring is 1. The number of nitrogens with two attached hydrogens (primary N) is 1. The van der Waals surface area contributed by atoms with Crippen molar-refractivity contribution >= 4 is 23.0 Å². The summed E-state index contributed by atoms with van der Waals surface area (Å²) in [4.78, 5) is 14.0. The van der Waals surface area contributed by atoms with Gasteiger partial charge in [0.05, 0.1) is 17.7 Å². The second kappa shape index (κ2) is 5.28. The largest absolute Gasteiger partial charge is 0.365 e. The van der Waals surface area contributed by atoms with Crippen molar-refractivity contribution in [1.29, 1.82) is 0 Å². The molecular weight excluding hydrogens is 248 g/mol. The summed E-state index contributed by atoms with van der Waals surface area (Å²) in [6.45, 7) is 6.47. The average molecular weight is 264 g/mol. The normalized spacial score (nSPS) is 10.4. The van der Waals surface area contributed by atoms with E-state index in [4.69, 9.17) is 5.84 Å². The minimum absolute atomic E-state index is 0.644. The molecular formula is C11H16N6S. The first-order valence-electron chi connectivity index (χ1n) is 5.56. The first-order valence-corrected chi connectivity index (χ1v) is 6.44. The number of anilines is 2. The highest BCUT2D eigenvalue weighted by atomic mass is 32.1. The molecule has 2 rings (SSSR count). The van der Waals surface area contributed by atoms with Gasteiger partial charge in [-0.2, -0.15) is 0 Å². The van der Waals surface area contributed by atoms with Gasteiger partial charge < -0.3 is 10.7 Å². The fraction of sp³-hybridized carbons (Fsp3) is 0.364. The number of thiazole rings is 1. The maximum atomic E-state index is 5.43. The van der Waals surface area contributed by atoms with Crippen molar-refractivity contribution in [3.8, 4) is 0 Å². The van der Waals surface area contributed by atoms with Crippen molar-refractivity contribution in [1.82, 2.24) is 15.0 Å². The van der Waals surface area contributed by atoms with Gasteiger partial charge in [0, 0.05) is 10.4 Å². The van der Waals surface area contributed by atoms with Gasteiger partial charge in [0.15, 0.2) is 0 Å². The van der Waals surface area contributed by atoms with E-state index in [0.29, 0.717) is 18.2 Å². The number of rotatable bonds is 4. The first-order chi connectivity index (χ1) is 8.61. The summed E-state index contributed by atoms with van der Waals surface area (Å²) < 4.78 is 0. The second-order valence-electron chi connectivity index (χ2n) is 3.95. The Morgan fingerprint density at radius 2 is 1.94 bits per heavy atom. The molecule has 0 saturated heterocycles. The third-order valence-electron chi connectivity index (χ3n) is 2.66. The summed E-state index contributed by atoms with van der Waals surface area (Å²) in [5.74, 6) is 7.54. The van der Waals surface area contributed by atoms with Crippen LogP contribution in [0.25, 0.3) is 0 Å². The second-order valence-corrected chi connectivity index (χ2v) is 4.89. The molecule has 4 N–H and O–H groups in total. The van der Waals surface area contributed by atoms with E-state index in [0.717, 1.165) is 17.1 Å². The molecule has 7 heteroatoms. The summed E-state index contributed by atoms with van der Waals surface area (Å²) in [7, 11) is 0. The maximum Gasteiger partial charge on any atom is 0.148 e. The zero-order valence-electron chi connectivity index (χ0n) is 10.6. The van der Waals surface area contributed by atoms with Crippen LogP contribution in [0.3, 0.4) is 0 Å². The minimum atomic E-state index is 0.644. The maximum absolute atomic E-state index is 5.43. The lowest BCUT2D eigenvalue weighted by Gasteiger charge is -2.12. The van der Waals surface area contributed by atoms with Gasteiger partial charge in [-0.3, -0.25) is 0 Å². The zero-order valence-corrected chi connectivity index (χ0v) is 11.4. The lowest BCUT2D eigenvalue weighted by atomic mass is 10.3. The quantitative estimate of drug-likeness (QED) is 0.576. The molecule has 0 aliphatic carbocycles. The summed E-state index contributed by atoms with van der Waals surface area (Å²) in [5.41, 5.74) is 6.38. The number of hydrazine groups is 1. The predicted molar refractivity (Wildman–Crippen MR) is 73.5 cm³/mol. The summed E-state index contributed by atoms with van der Waals surface area (Å²) in [5, 5.41) is 3.30. The summed E-state index contributed by atoms with van der Waals surface area (Å²) in [6.07, 6.45) is 0. The van der Waals surface area contributed by atoms with Crippen LogP contribution in [0.2, 0.25) is 0 Å². The molecule has 0 amide bonds. The highest BCUT2D eigenvalue weighted by molar-refractivity contribution is 7.09. The van der Waals surface area contributed by atoms with Gasteiger partial charge in [-0.25, -0.2) is 20.8 Å². The molecule has 0 unspecified atom stereocenters. The summed E-state index contributed by atoms with van der Waals surface area (Å²) in [6, 6.07) is 0. The van der Waals surface area contributed by atoms with Gasteiger partial charge in [0.25, 0.3) is 0 Å². The lowest BCUT2D eigenvalue weighted by molar-refractivity contribution is 0.997. The smallest absolute Gasteiger partial charge is 0.148 e. The Labute approximate surface area is 110 Å². The van der Waals surface area contributed by atoms with Crippen molar-refractivity contribution in [3.63, 3.8) is 0 Å². The third-order valence-corrected chi connectivity index (χ3v) is 3.59. The molecule has 0 aromatic carbocycles. The predicted octanol–water partition coefficient (Wildman–Crippen LogP) is 1.76. The van der Waals surface area contributed by atoms with Crippen molar-refractivity contribution in [2.45, 2.75) is 27.3 Å². The van der Waals surface area contributed by atoms with Gasteiger partial charge in [-0.15, -0.1) is 11.3 Å². The van der Waals surface area contributed by atoms with Gasteiger partial charge >= 0.3 is 0 Å². The van der Waals surface area contributed by atoms with Gasteiger partial charge in [0.2, 0.25) is 0 Å². The van der Waals surface area contributed by atoms with Gasteiger partial charge in [-0.1, -0.05) is 0 Å². The Kier molecular flexibility index (Phi) is 3.73. The molecule has 18 heavy (non-hydrogen) atoms. The van der Waals surface area contributed by atoms with Crippen LogP contribution in [0.1, 0.15) is 22.0 Å². The molecule has 0 spiro atoms. The van der Waals surface area contributed by atoms with E-state index < -0.39 is 0 Å². The Morgan fingerprint density at radius 1 is 1.22 bits per heavy atom. The fourth-order valence-corrected chi connectivity index (χ4v) is 2.32. The first kappa shape index (κ1) is 12.7. The standard InChI is InChI=1S/C11H16N6S/c1-6-10(15-8(3)16-11(6)17-12)13-4-9-7(2)14-5-18-9/h5H,4,12H2,1-3H3,(H2,13,15,16,17). The Balaban J connectivity index is 2.19. The molecule has 0 atom stereocenters. The number of hydrogen-bond acceptors (Lipinski definition) is 7. The molecule has 2 aromatic rings. The number of aromatic nitrogens is 3. The van der Waals surface area contributed by atoms with Gasteiger partial charge in [-0.05, 0) is 20.8 Å². The topological polar surface area (TPSA) is 88.8 Å². The SMILES string of the molecule is Cc1nc(NN)c(C)c(NCc2scnc2C)n1. The molecule has 2 aromatic heterocycles. The van der Waals surface area contributed by atoms with E-state index in [-0.39, 0.29) is 0 Å². The highest BCUT2D eigenvalue weighted by Crippen LogP contribution is 2.21. The van der Waals surface area contributed by atoms with Crippen LogP contribution < -0.4 is 16.6 Å². The Bertz CT molecular complexity index is 550. The van der Waals surface area contributed by atoms with Crippen molar-refractivity contribution in [2.24, 2.45) is 5.84 Å². The van der Waals surface area contributed by atoms with Crippen molar-refractivity contribution in [3.05, 3.63) is 27.5 Å². The monoisotopic (exact) mass is 264 g/mol. The minimum Gasteiger partial charge on any atom is -0.365 e. The Hall–Kier alpha value is -1.73. The molecule has 0 aliphatic heterocycles. The molecule has 2 heterocycles. The van der Waals surface area contributed by atoms with Crippen LogP contribution in [-0.4, -0.2) is 15.0 Å². The van der Waals surface area contributed by atoms with Gasteiger partial charge in [0.1, 0.15) is 17.5 Å². The molecule has 0 aliphatic rings. The van der Waals surface area contributed by atoms with Crippen LogP contribution in [0.4, 0.5) is 11.6 Å². The molecule has 6 nitrogen and oxygen atoms in total. The van der Waals surface area contributed by atoms with Crippen molar-refractivity contribution < 1.29 is 0 Å². The van der Waals surface area contributed by atoms with Crippen LogP contribution in [0.15, 0.2) is 5.51 Å². The van der Waals surface area contributed by atoms with E-state index in [1.807, 2.05) is 26.3 Å². The fourth-order valence-electron chi connectivity index (χ4n) is 1.60. The van der Waals surface area contributed by atoms with Crippen LogP contribution in [0.5, 0.6) is 0 Å². The number of nitrogens with zero attached hydrogens (tertiary/aromatic N) is 3. The molecule has 0 bridgehead atoms. The Morgan fingerprint density at radius 3 is 2.56 bits per heavy atom. The molecule has 96 valence electrons. The van der Waals surface area contributed by atoms with Crippen LogP contribution in [0, 0.1) is 20.8 Å². The number of nitrogens with one attached hydrogen (secondary N) is 2. The third kappa shape index (κ3) is 2.57. The van der Waals surface area contributed by atoms with Crippen LogP contribution in [-0.2, 0) is 6.54 Å². The van der Waals surface area contributed by atoms with E-state index in [2.05, 4.69) is 25.7 Å². The molecule has 0 fully saturated rings. The highest BCUT2D eigenvalue weighted by Gasteiger charge is 2.09. The number of aryl methyl sites for hydroxylation is 2. The van der Waals surface area contributed by atoms with E-state index in [1.54, 1.807) is 11.3 Å². The van der Waals surface area contributed by atoms with E-state index in [9.17, 15) is 0 Å². The van der Waals surface area contributed by atoms with E-state index >= 15 is 0 Å². The lowest BCUT2D eigenvalue weighted by Crippen LogP contribution is -2.14. The van der Waals surface area contributed by atoms with Crippen molar-refractivity contribution in [2.75, 3.05) is 10.7 Å². The molecule has 0 radical (unpaired) electrons. The van der Waals surface area contributed by atoms with E-state index in [1.165, 1.54) is 4.88 Å². The molecule has 0 saturated carbocycles. The zero-order chi connectivity index (χ0) is 13.1. The average Bonchev–Trinajstić information content (AvgIpc) is 2.75. The van der Waals surface area contributed by atoms with Crippen LogP contribution >= 0.6 is 11.3 Å². The summed E-state index contributed by atoms with van der Waals surface area (Å²) >= 11 is 1.63. The number of hydrogen-bond donors (Lipinski definition) is 3.